The smallest absolute Gasteiger partial charge is 0.262 e. The molecule has 3 rings (SSSR count). The molecule has 1 heterocycles. The molecule has 2 aromatic rings. The first kappa shape index (κ1) is 25.7. The minimum atomic E-state index is -4.24. The third kappa shape index (κ3) is 5.78. The van der Waals surface area contributed by atoms with Crippen LogP contribution in [-0.2, 0) is 14.8 Å². The van der Waals surface area contributed by atoms with E-state index in [1.54, 1.807) is 0 Å². The van der Waals surface area contributed by atoms with Crippen LogP contribution in [0.4, 0.5) is 10.1 Å². The summed E-state index contributed by atoms with van der Waals surface area (Å²) in [6.07, 6.45) is 0. The lowest BCUT2D eigenvalue weighted by atomic mass is 10.0. The summed E-state index contributed by atoms with van der Waals surface area (Å²) < 4.78 is 58.3. The molecule has 2 aromatic carbocycles. The summed E-state index contributed by atoms with van der Waals surface area (Å²) in [5.41, 5.74) is -0.587. The quantitative estimate of drug-likeness (QED) is 0.551. The molecule has 9 nitrogen and oxygen atoms in total. The van der Waals surface area contributed by atoms with Gasteiger partial charge in [-0.1, -0.05) is 12.1 Å². The number of para-hydroxylation sites is 1. The normalized spacial score (nSPS) is 15.0. The molecule has 1 amide bonds. The van der Waals surface area contributed by atoms with Crippen LogP contribution in [0.2, 0.25) is 0 Å². The number of rotatable bonds is 9. The van der Waals surface area contributed by atoms with Crippen molar-refractivity contribution < 1.29 is 31.8 Å². The fourth-order valence-corrected chi connectivity index (χ4v) is 4.79. The van der Waals surface area contributed by atoms with Gasteiger partial charge in [-0.25, -0.2) is 12.8 Å². The minimum Gasteiger partial charge on any atom is -0.493 e. The molecule has 11 heteroatoms. The van der Waals surface area contributed by atoms with Crippen molar-refractivity contribution in [3.05, 3.63) is 47.8 Å². The maximum absolute atomic E-state index is 14.0. The lowest BCUT2D eigenvalue weighted by Crippen LogP contribution is -2.55. The Labute approximate surface area is 199 Å². The molecule has 0 unspecified atom stereocenters. The van der Waals surface area contributed by atoms with Crippen LogP contribution in [-0.4, -0.2) is 71.8 Å². The highest BCUT2D eigenvalue weighted by atomic mass is 32.2. The number of carbonyl (C=O) groups excluding carboxylic acids is 1. The molecule has 1 saturated heterocycles. The monoisotopic (exact) mass is 495 g/mol. The van der Waals surface area contributed by atoms with Gasteiger partial charge in [-0.2, -0.15) is 0 Å². The van der Waals surface area contributed by atoms with Crippen LogP contribution >= 0.6 is 0 Å². The van der Waals surface area contributed by atoms with Crippen molar-refractivity contribution in [1.82, 2.24) is 10.2 Å². The highest BCUT2D eigenvalue weighted by molar-refractivity contribution is 7.92. The molecule has 1 aliphatic rings. The van der Waals surface area contributed by atoms with Crippen molar-refractivity contribution in [1.29, 1.82) is 0 Å². The largest absolute Gasteiger partial charge is 0.493 e. The van der Waals surface area contributed by atoms with Crippen molar-refractivity contribution >= 4 is 21.6 Å². The summed E-state index contributed by atoms with van der Waals surface area (Å²) in [6.45, 7) is 7.06. The van der Waals surface area contributed by atoms with E-state index in [1.807, 2.05) is 13.8 Å². The van der Waals surface area contributed by atoms with Gasteiger partial charge in [0.1, 0.15) is 5.82 Å². The van der Waals surface area contributed by atoms with Gasteiger partial charge in [-0.05, 0) is 32.0 Å². The number of hydrogen-bond acceptors (Lipinski definition) is 7. The maximum atomic E-state index is 14.0. The van der Waals surface area contributed by atoms with Crippen molar-refractivity contribution in [2.45, 2.75) is 24.3 Å². The minimum absolute atomic E-state index is 0.0199. The van der Waals surface area contributed by atoms with Crippen molar-refractivity contribution in [3.63, 3.8) is 0 Å². The van der Waals surface area contributed by atoms with Gasteiger partial charge in [-0.3, -0.25) is 14.4 Å². The highest BCUT2D eigenvalue weighted by Gasteiger charge is 2.30. The van der Waals surface area contributed by atoms with E-state index in [9.17, 15) is 17.6 Å². The molecule has 0 aromatic heterocycles. The van der Waals surface area contributed by atoms with E-state index in [0.29, 0.717) is 19.8 Å². The number of ether oxygens (including phenoxy) is 3. The molecule has 0 atom stereocenters. The zero-order valence-corrected chi connectivity index (χ0v) is 20.5. The first-order valence-electron chi connectivity index (χ1n) is 10.7. The number of nitrogens with one attached hydrogen (secondary N) is 2. The molecule has 0 bridgehead atoms. The second-order valence-corrected chi connectivity index (χ2v) is 10.1. The average Bonchev–Trinajstić information content (AvgIpc) is 2.83. The number of hydrogen-bond donors (Lipinski definition) is 2. The predicted octanol–water partition coefficient (Wildman–Crippen LogP) is 2.48. The van der Waals surface area contributed by atoms with Crippen LogP contribution < -0.4 is 19.5 Å². The van der Waals surface area contributed by atoms with E-state index in [1.165, 1.54) is 44.6 Å². The maximum Gasteiger partial charge on any atom is 0.262 e. The Hall–Kier alpha value is -2.89. The number of carbonyl (C=O) groups is 1. The number of amides is 1. The van der Waals surface area contributed by atoms with Gasteiger partial charge in [0.05, 0.1) is 43.6 Å². The fraction of sp³-hybridized carbons (Fsp3) is 0.435. The molecule has 0 radical (unpaired) electrons. The molecule has 1 aliphatic heterocycles. The number of anilines is 1. The van der Waals surface area contributed by atoms with Gasteiger partial charge < -0.3 is 19.5 Å². The second-order valence-electron chi connectivity index (χ2n) is 8.39. The van der Waals surface area contributed by atoms with Gasteiger partial charge in [0.25, 0.3) is 15.9 Å². The van der Waals surface area contributed by atoms with Gasteiger partial charge in [0.2, 0.25) is 0 Å². The molecule has 0 saturated carbocycles. The second kappa shape index (κ2) is 10.6. The fourth-order valence-electron chi connectivity index (χ4n) is 3.68. The third-order valence-electron chi connectivity index (χ3n) is 5.67. The number of nitrogens with zero attached hydrogens (tertiary/aromatic N) is 1. The third-order valence-corrected chi connectivity index (χ3v) is 7.02. The zero-order chi connectivity index (χ0) is 24.9. The Morgan fingerprint density at radius 2 is 1.82 bits per heavy atom. The molecule has 34 heavy (non-hydrogen) atoms. The Kier molecular flexibility index (Phi) is 8.01. The van der Waals surface area contributed by atoms with Crippen LogP contribution in [0.25, 0.3) is 0 Å². The summed E-state index contributed by atoms with van der Waals surface area (Å²) >= 11 is 0. The zero-order valence-electron chi connectivity index (χ0n) is 19.7. The van der Waals surface area contributed by atoms with E-state index in [0.717, 1.165) is 19.2 Å². The molecule has 186 valence electrons. The van der Waals surface area contributed by atoms with Gasteiger partial charge in [0.15, 0.2) is 11.5 Å². The van der Waals surface area contributed by atoms with Crippen molar-refractivity contribution in [2.24, 2.45) is 0 Å². The Morgan fingerprint density at radius 3 is 2.44 bits per heavy atom. The lowest BCUT2D eigenvalue weighted by Gasteiger charge is -2.40. The molecular formula is C23H30FN3O6S. The van der Waals surface area contributed by atoms with Crippen LogP contribution in [0.1, 0.15) is 24.2 Å². The number of sulfonamides is 1. The van der Waals surface area contributed by atoms with E-state index in [2.05, 4.69) is 14.9 Å². The summed E-state index contributed by atoms with van der Waals surface area (Å²) in [5, 5.41) is 2.87. The van der Waals surface area contributed by atoms with Crippen LogP contribution in [0.3, 0.4) is 0 Å². The molecule has 0 aliphatic carbocycles. The summed E-state index contributed by atoms with van der Waals surface area (Å²) in [5.74, 6) is -1.11. The molecule has 1 fully saturated rings. The van der Waals surface area contributed by atoms with E-state index in [-0.39, 0.29) is 33.2 Å². The Bertz CT molecular complexity index is 1130. The number of methoxy groups -OCH3 is 2. The predicted molar refractivity (Wildman–Crippen MR) is 126 cm³/mol. The van der Waals surface area contributed by atoms with E-state index >= 15 is 0 Å². The van der Waals surface area contributed by atoms with Crippen LogP contribution in [0.15, 0.2) is 41.3 Å². The van der Waals surface area contributed by atoms with E-state index in [4.69, 9.17) is 14.2 Å². The number of morpholine rings is 1. The Balaban J connectivity index is 1.89. The number of benzene rings is 2. The summed E-state index contributed by atoms with van der Waals surface area (Å²) in [6, 6.07) is 7.80. The number of halogens is 1. The first-order chi connectivity index (χ1) is 16.1. The van der Waals surface area contributed by atoms with Gasteiger partial charge in [-0.15, -0.1) is 0 Å². The highest BCUT2D eigenvalue weighted by Crippen LogP contribution is 2.35. The molecule has 0 spiro atoms. The standard InChI is InChI=1S/C23H30FN3O6S/c1-23(2,27-9-11-33-12-10-27)15-25-22(28)17-13-16(14-20(31-3)21(17)32-4)34(29,30)26-19-8-6-5-7-18(19)24/h5-8,13-14,26H,9-12,15H2,1-4H3,(H,25,28). The molecular weight excluding hydrogens is 465 g/mol. The van der Waals surface area contributed by atoms with Gasteiger partial charge >= 0.3 is 0 Å². The first-order valence-corrected chi connectivity index (χ1v) is 12.2. The van der Waals surface area contributed by atoms with Crippen molar-refractivity contribution in [2.75, 3.05) is 51.8 Å². The van der Waals surface area contributed by atoms with E-state index < -0.39 is 21.7 Å². The van der Waals surface area contributed by atoms with Crippen molar-refractivity contribution in [3.8, 4) is 11.5 Å². The Morgan fingerprint density at radius 1 is 1.15 bits per heavy atom. The SMILES string of the molecule is COc1cc(S(=O)(=O)Nc2ccccc2F)cc(C(=O)NCC(C)(C)N2CCOCC2)c1OC. The topological polar surface area (TPSA) is 106 Å². The molecule has 2 N–H and O–H groups in total. The summed E-state index contributed by atoms with van der Waals surface area (Å²) in [4.78, 5) is 15.1. The van der Waals surface area contributed by atoms with Crippen LogP contribution in [0, 0.1) is 5.82 Å². The average molecular weight is 496 g/mol. The van der Waals surface area contributed by atoms with Crippen LogP contribution in [0.5, 0.6) is 11.5 Å². The van der Waals surface area contributed by atoms with Gasteiger partial charge in [0, 0.05) is 31.2 Å². The lowest BCUT2D eigenvalue weighted by molar-refractivity contribution is -0.00924. The summed E-state index contributed by atoms with van der Waals surface area (Å²) in [7, 11) is -1.54.